The molecule has 3 heteroatoms. The number of benzene rings is 3. The van der Waals surface area contributed by atoms with Crippen molar-refractivity contribution in [2.24, 2.45) is 0 Å². The van der Waals surface area contributed by atoms with E-state index in [1.807, 2.05) is 12.1 Å². The number of methoxy groups -OCH3 is 1. The van der Waals surface area contributed by atoms with E-state index in [0.717, 1.165) is 22.3 Å². The first kappa shape index (κ1) is 16.6. The van der Waals surface area contributed by atoms with Gasteiger partial charge in [0.15, 0.2) is 0 Å². The van der Waals surface area contributed by atoms with E-state index in [0.29, 0.717) is 0 Å². The van der Waals surface area contributed by atoms with Gasteiger partial charge in [0.2, 0.25) is 0 Å². The number of hydrogen-bond donors (Lipinski definition) is 1. The fourth-order valence-electron chi connectivity index (χ4n) is 2.69. The predicted molar refractivity (Wildman–Crippen MR) is 104 cm³/mol. The molecule has 0 radical (unpaired) electrons. The topological polar surface area (TPSA) is 21.3 Å². The highest BCUT2D eigenvalue weighted by Crippen LogP contribution is 2.26. The molecule has 1 unspecified atom stereocenters. The lowest BCUT2D eigenvalue weighted by Crippen LogP contribution is -2.13. The lowest BCUT2D eigenvalue weighted by atomic mass is 9.98. The van der Waals surface area contributed by atoms with Crippen molar-refractivity contribution >= 4 is 21.6 Å². The maximum absolute atomic E-state index is 5.23. The maximum atomic E-state index is 5.23. The Morgan fingerprint density at radius 3 is 2.17 bits per heavy atom. The number of anilines is 1. The lowest BCUT2D eigenvalue weighted by Gasteiger charge is -2.21. The Bertz CT molecular complexity index is 754. The zero-order chi connectivity index (χ0) is 16.8. The summed E-state index contributed by atoms with van der Waals surface area (Å²) in [5.74, 6) is 0.865. The van der Waals surface area contributed by atoms with Gasteiger partial charge in [-0.1, -0.05) is 58.4 Å². The molecule has 1 atom stereocenters. The molecule has 0 saturated carbocycles. The molecule has 0 aliphatic heterocycles. The monoisotopic (exact) mass is 381 g/mol. The largest absolute Gasteiger partial charge is 0.497 e. The minimum Gasteiger partial charge on any atom is -0.497 e. The first-order chi connectivity index (χ1) is 11.7. The van der Waals surface area contributed by atoms with Crippen molar-refractivity contribution in [3.8, 4) is 5.75 Å². The second-order valence-corrected chi connectivity index (χ2v) is 6.58. The molecule has 0 aromatic heterocycles. The zero-order valence-electron chi connectivity index (χ0n) is 13.6. The molecule has 0 aliphatic carbocycles. The van der Waals surface area contributed by atoms with Gasteiger partial charge in [0.05, 0.1) is 13.2 Å². The molecule has 0 saturated heterocycles. The summed E-state index contributed by atoms with van der Waals surface area (Å²) in [6.45, 7) is 0. The molecule has 122 valence electrons. The summed E-state index contributed by atoms with van der Waals surface area (Å²) >= 11 is 3.51. The summed E-state index contributed by atoms with van der Waals surface area (Å²) in [5, 5.41) is 3.64. The van der Waals surface area contributed by atoms with E-state index in [1.165, 1.54) is 11.1 Å². The standard InChI is InChI=1S/C21H20BrNO/c1-24-20-13-11-19(12-14-20)23-21(15-16-5-3-2-4-6-16)17-7-9-18(22)10-8-17/h2-14,21,23H,15H2,1H3. The van der Waals surface area contributed by atoms with E-state index in [2.05, 4.69) is 88.0 Å². The minimum absolute atomic E-state index is 0.203. The molecule has 0 spiro atoms. The van der Waals surface area contributed by atoms with Crippen LogP contribution < -0.4 is 10.1 Å². The van der Waals surface area contributed by atoms with E-state index >= 15 is 0 Å². The normalized spacial score (nSPS) is 11.8. The van der Waals surface area contributed by atoms with Crippen molar-refractivity contribution in [2.75, 3.05) is 12.4 Å². The van der Waals surface area contributed by atoms with Crippen molar-refractivity contribution in [3.05, 3.63) is 94.5 Å². The zero-order valence-corrected chi connectivity index (χ0v) is 15.2. The minimum atomic E-state index is 0.203. The molecule has 24 heavy (non-hydrogen) atoms. The van der Waals surface area contributed by atoms with Gasteiger partial charge in [0.1, 0.15) is 5.75 Å². The fraction of sp³-hybridized carbons (Fsp3) is 0.143. The molecule has 0 heterocycles. The van der Waals surface area contributed by atoms with Gasteiger partial charge in [-0.15, -0.1) is 0 Å². The van der Waals surface area contributed by atoms with Crippen LogP contribution in [-0.4, -0.2) is 7.11 Å². The number of hydrogen-bond acceptors (Lipinski definition) is 2. The first-order valence-electron chi connectivity index (χ1n) is 7.94. The van der Waals surface area contributed by atoms with Crippen LogP contribution in [0, 0.1) is 0 Å². The van der Waals surface area contributed by atoms with Gasteiger partial charge < -0.3 is 10.1 Å². The lowest BCUT2D eigenvalue weighted by molar-refractivity contribution is 0.415. The molecular formula is C21H20BrNO. The van der Waals surface area contributed by atoms with Gasteiger partial charge >= 0.3 is 0 Å². The van der Waals surface area contributed by atoms with Crippen LogP contribution in [0.15, 0.2) is 83.3 Å². The van der Waals surface area contributed by atoms with Crippen LogP contribution in [0.1, 0.15) is 17.2 Å². The van der Waals surface area contributed by atoms with Crippen LogP contribution in [0.2, 0.25) is 0 Å². The van der Waals surface area contributed by atoms with Crippen LogP contribution in [-0.2, 0) is 6.42 Å². The van der Waals surface area contributed by atoms with Gasteiger partial charge in [0, 0.05) is 10.2 Å². The van der Waals surface area contributed by atoms with Crippen LogP contribution in [0.3, 0.4) is 0 Å². The van der Waals surface area contributed by atoms with Crippen molar-refractivity contribution in [1.29, 1.82) is 0 Å². The number of nitrogens with one attached hydrogen (secondary N) is 1. The Morgan fingerprint density at radius 1 is 0.875 bits per heavy atom. The average molecular weight is 382 g/mol. The summed E-state index contributed by atoms with van der Waals surface area (Å²) in [7, 11) is 1.68. The quantitative estimate of drug-likeness (QED) is 0.577. The second-order valence-electron chi connectivity index (χ2n) is 5.67. The van der Waals surface area contributed by atoms with Gasteiger partial charge in [-0.2, -0.15) is 0 Å². The second kappa shape index (κ2) is 8.02. The molecule has 0 aliphatic rings. The fourth-order valence-corrected chi connectivity index (χ4v) is 2.95. The van der Waals surface area contributed by atoms with Gasteiger partial charge in [0.25, 0.3) is 0 Å². The van der Waals surface area contributed by atoms with E-state index in [1.54, 1.807) is 7.11 Å². The third-order valence-electron chi connectivity index (χ3n) is 3.99. The molecule has 0 fully saturated rings. The summed E-state index contributed by atoms with van der Waals surface area (Å²) < 4.78 is 6.33. The van der Waals surface area contributed by atoms with E-state index < -0.39 is 0 Å². The Morgan fingerprint density at radius 2 is 1.54 bits per heavy atom. The highest BCUT2D eigenvalue weighted by Gasteiger charge is 2.12. The molecule has 2 nitrogen and oxygen atoms in total. The number of halogens is 1. The third-order valence-corrected chi connectivity index (χ3v) is 4.51. The molecule has 3 rings (SSSR count). The first-order valence-corrected chi connectivity index (χ1v) is 8.74. The van der Waals surface area contributed by atoms with E-state index in [9.17, 15) is 0 Å². The number of rotatable bonds is 6. The van der Waals surface area contributed by atoms with Crippen LogP contribution in [0.4, 0.5) is 5.69 Å². The predicted octanol–water partition coefficient (Wildman–Crippen LogP) is 5.85. The van der Waals surface area contributed by atoms with Crippen molar-refractivity contribution in [1.82, 2.24) is 0 Å². The average Bonchev–Trinajstić information content (AvgIpc) is 2.63. The summed E-state index contributed by atoms with van der Waals surface area (Å²) in [4.78, 5) is 0. The summed E-state index contributed by atoms with van der Waals surface area (Å²) in [5.41, 5.74) is 3.66. The van der Waals surface area contributed by atoms with Gasteiger partial charge in [-0.05, 0) is 53.9 Å². The Balaban J connectivity index is 1.84. The highest BCUT2D eigenvalue weighted by atomic mass is 79.9. The molecule has 3 aromatic rings. The summed E-state index contributed by atoms with van der Waals surface area (Å²) in [6, 6.07) is 27.3. The van der Waals surface area contributed by atoms with Gasteiger partial charge in [-0.25, -0.2) is 0 Å². The Hall–Kier alpha value is -2.26. The number of ether oxygens (including phenoxy) is 1. The van der Waals surface area contributed by atoms with Crippen LogP contribution in [0.5, 0.6) is 5.75 Å². The SMILES string of the molecule is COc1ccc(NC(Cc2ccccc2)c2ccc(Br)cc2)cc1. The van der Waals surface area contributed by atoms with E-state index in [4.69, 9.17) is 4.74 Å². The van der Waals surface area contributed by atoms with Crippen molar-refractivity contribution in [2.45, 2.75) is 12.5 Å². The Kier molecular flexibility index (Phi) is 5.55. The highest BCUT2D eigenvalue weighted by molar-refractivity contribution is 9.10. The van der Waals surface area contributed by atoms with Crippen LogP contribution in [0.25, 0.3) is 0 Å². The van der Waals surface area contributed by atoms with Crippen molar-refractivity contribution in [3.63, 3.8) is 0 Å². The molecular weight excluding hydrogens is 362 g/mol. The molecule has 0 bridgehead atoms. The molecule has 1 N–H and O–H groups in total. The third kappa shape index (κ3) is 4.39. The smallest absolute Gasteiger partial charge is 0.119 e. The molecule has 3 aromatic carbocycles. The maximum Gasteiger partial charge on any atom is 0.119 e. The van der Waals surface area contributed by atoms with Gasteiger partial charge in [-0.3, -0.25) is 0 Å². The van der Waals surface area contributed by atoms with E-state index in [-0.39, 0.29) is 6.04 Å². The van der Waals surface area contributed by atoms with Crippen LogP contribution >= 0.6 is 15.9 Å². The molecule has 0 amide bonds. The Labute approximate surface area is 151 Å². The van der Waals surface area contributed by atoms with Crippen molar-refractivity contribution < 1.29 is 4.74 Å². The summed E-state index contributed by atoms with van der Waals surface area (Å²) in [6.07, 6.45) is 0.925.